The van der Waals surface area contributed by atoms with Gasteiger partial charge in [0.05, 0.1) is 5.02 Å². The summed E-state index contributed by atoms with van der Waals surface area (Å²) in [5, 5.41) is 5.21. The van der Waals surface area contributed by atoms with Gasteiger partial charge in [-0.3, -0.25) is 4.79 Å². The van der Waals surface area contributed by atoms with Crippen LogP contribution < -0.4 is 5.14 Å². The third kappa shape index (κ3) is 3.52. The molecule has 23 heavy (non-hydrogen) atoms. The number of primary sulfonamides is 1. The molecule has 0 saturated carbocycles. The summed E-state index contributed by atoms with van der Waals surface area (Å²) in [5.74, 6) is -0.154. The Morgan fingerprint density at radius 1 is 1.13 bits per heavy atom. The van der Waals surface area contributed by atoms with Gasteiger partial charge in [-0.2, -0.15) is 0 Å². The van der Waals surface area contributed by atoms with Crippen molar-refractivity contribution in [1.82, 2.24) is 9.80 Å². The van der Waals surface area contributed by atoms with E-state index in [1.807, 2.05) is 0 Å². The van der Waals surface area contributed by atoms with E-state index in [1.54, 1.807) is 4.90 Å². The quantitative estimate of drug-likeness (QED) is 0.883. The first-order valence-electron chi connectivity index (χ1n) is 7.73. The standard InChI is InChI=1S/C15H20ClN3O3S/c16-13-8-11-10-19(7-6-18-4-2-1-3-5-18)15(20)12(11)9-14(13)23(17,21)22/h8-9H,1-7,10H2,(H2,17,21,22). The number of piperidine rings is 1. The average Bonchev–Trinajstić information content (AvgIpc) is 2.80. The Balaban J connectivity index is 1.74. The maximum atomic E-state index is 12.5. The molecule has 2 N–H and O–H groups in total. The predicted octanol–water partition coefficient (Wildman–Crippen LogP) is 1.43. The minimum atomic E-state index is -3.94. The molecule has 0 aliphatic carbocycles. The molecule has 0 radical (unpaired) electrons. The molecule has 1 saturated heterocycles. The van der Waals surface area contributed by atoms with Crippen LogP contribution >= 0.6 is 11.6 Å². The molecule has 0 spiro atoms. The molecule has 1 amide bonds. The molecule has 0 unspecified atom stereocenters. The average molecular weight is 358 g/mol. The number of nitrogens with two attached hydrogens (primary N) is 1. The highest BCUT2D eigenvalue weighted by atomic mass is 35.5. The fourth-order valence-corrected chi connectivity index (χ4v) is 4.34. The molecule has 1 aromatic carbocycles. The molecule has 126 valence electrons. The Bertz CT molecular complexity index is 730. The van der Waals surface area contributed by atoms with Crippen LogP contribution in [-0.4, -0.2) is 50.3 Å². The SMILES string of the molecule is NS(=O)(=O)c1cc2c(cc1Cl)CN(CCN1CCCCC1)C2=O. The van der Waals surface area contributed by atoms with Crippen LogP contribution in [0.5, 0.6) is 0 Å². The van der Waals surface area contributed by atoms with Gasteiger partial charge in [0.1, 0.15) is 4.90 Å². The molecular weight excluding hydrogens is 338 g/mol. The lowest BCUT2D eigenvalue weighted by Gasteiger charge is -2.28. The number of likely N-dealkylation sites (tertiary alicyclic amines) is 1. The molecule has 0 bridgehead atoms. The summed E-state index contributed by atoms with van der Waals surface area (Å²) in [6.45, 7) is 4.10. The van der Waals surface area contributed by atoms with Gasteiger partial charge >= 0.3 is 0 Å². The number of nitrogens with zero attached hydrogens (tertiary/aromatic N) is 2. The Morgan fingerprint density at radius 2 is 1.83 bits per heavy atom. The van der Waals surface area contributed by atoms with Crippen LogP contribution in [0.1, 0.15) is 35.2 Å². The first-order valence-corrected chi connectivity index (χ1v) is 9.65. The third-order valence-corrected chi connectivity index (χ3v) is 5.85. The van der Waals surface area contributed by atoms with Crippen LogP contribution in [-0.2, 0) is 16.6 Å². The van der Waals surface area contributed by atoms with Gasteiger partial charge in [-0.15, -0.1) is 0 Å². The summed E-state index contributed by atoms with van der Waals surface area (Å²) in [6, 6.07) is 2.84. The molecule has 0 atom stereocenters. The van der Waals surface area contributed by atoms with Crippen molar-refractivity contribution in [2.45, 2.75) is 30.7 Å². The summed E-state index contributed by atoms with van der Waals surface area (Å²) in [5.41, 5.74) is 1.14. The van der Waals surface area contributed by atoms with Crippen LogP contribution in [0, 0.1) is 0 Å². The van der Waals surface area contributed by atoms with E-state index >= 15 is 0 Å². The number of sulfonamides is 1. The molecule has 2 aliphatic rings. The van der Waals surface area contributed by atoms with Crippen LogP contribution in [0.25, 0.3) is 0 Å². The van der Waals surface area contributed by atoms with Gasteiger partial charge < -0.3 is 9.80 Å². The topological polar surface area (TPSA) is 83.7 Å². The van der Waals surface area contributed by atoms with E-state index in [0.29, 0.717) is 18.7 Å². The molecule has 6 nitrogen and oxygen atoms in total. The number of amides is 1. The van der Waals surface area contributed by atoms with E-state index in [-0.39, 0.29) is 15.8 Å². The zero-order valence-electron chi connectivity index (χ0n) is 12.8. The van der Waals surface area contributed by atoms with E-state index in [1.165, 1.54) is 31.4 Å². The van der Waals surface area contributed by atoms with Gasteiger partial charge in [0.2, 0.25) is 10.0 Å². The van der Waals surface area contributed by atoms with E-state index in [9.17, 15) is 13.2 Å². The van der Waals surface area contributed by atoms with Crippen molar-refractivity contribution >= 4 is 27.5 Å². The number of fused-ring (bicyclic) bond motifs is 1. The minimum absolute atomic E-state index is 0.0666. The van der Waals surface area contributed by atoms with Crippen molar-refractivity contribution in [2.75, 3.05) is 26.2 Å². The lowest BCUT2D eigenvalue weighted by atomic mass is 10.1. The number of benzene rings is 1. The van der Waals surface area contributed by atoms with Gasteiger partial charge in [0, 0.05) is 25.2 Å². The third-order valence-electron chi connectivity index (χ3n) is 4.48. The van der Waals surface area contributed by atoms with Gasteiger partial charge in [-0.05, 0) is 43.6 Å². The number of carbonyl (C=O) groups excluding carboxylic acids is 1. The zero-order chi connectivity index (χ0) is 16.6. The highest BCUT2D eigenvalue weighted by Crippen LogP contribution is 2.30. The lowest BCUT2D eigenvalue weighted by molar-refractivity contribution is 0.0752. The molecule has 3 rings (SSSR count). The Kier molecular flexibility index (Phi) is 4.64. The highest BCUT2D eigenvalue weighted by molar-refractivity contribution is 7.89. The predicted molar refractivity (Wildman–Crippen MR) is 87.9 cm³/mol. The fourth-order valence-electron chi connectivity index (χ4n) is 3.22. The fraction of sp³-hybridized carbons (Fsp3) is 0.533. The zero-order valence-corrected chi connectivity index (χ0v) is 14.4. The highest BCUT2D eigenvalue weighted by Gasteiger charge is 2.30. The second-order valence-corrected chi connectivity index (χ2v) is 8.05. The summed E-state index contributed by atoms with van der Waals surface area (Å²) >= 11 is 5.99. The Hall–Kier alpha value is -1.15. The molecular formula is C15H20ClN3O3S. The van der Waals surface area contributed by atoms with Gasteiger partial charge in [0.25, 0.3) is 5.91 Å². The minimum Gasteiger partial charge on any atom is -0.333 e. The van der Waals surface area contributed by atoms with E-state index in [4.69, 9.17) is 16.7 Å². The van der Waals surface area contributed by atoms with Crippen LogP contribution in [0.2, 0.25) is 5.02 Å². The van der Waals surface area contributed by atoms with E-state index in [0.717, 1.165) is 25.2 Å². The molecule has 0 aromatic heterocycles. The number of carbonyl (C=O) groups is 1. The van der Waals surface area contributed by atoms with Crippen LogP contribution in [0.15, 0.2) is 17.0 Å². The summed E-state index contributed by atoms with van der Waals surface area (Å²) in [4.78, 5) is 16.4. The van der Waals surface area contributed by atoms with Crippen molar-refractivity contribution in [3.8, 4) is 0 Å². The first kappa shape index (κ1) is 16.7. The van der Waals surface area contributed by atoms with Crippen molar-refractivity contribution in [2.24, 2.45) is 5.14 Å². The van der Waals surface area contributed by atoms with Crippen molar-refractivity contribution < 1.29 is 13.2 Å². The Morgan fingerprint density at radius 3 is 2.48 bits per heavy atom. The number of hydrogen-bond acceptors (Lipinski definition) is 4. The maximum absolute atomic E-state index is 12.5. The van der Waals surface area contributed by atoms with Gasteiger partial charge in [-0.25, -0.2) is 13.6 Å². The first-order chi connectivity index (χ1) is 10.9. The number of rotatable bonds is 4. The van der Waals surface area contributed by atoms with Crippen LogP contribution in [0.4, 0.5) is 0 Å². The van der Waals surface area contributed by atoms with Crippen molar-refractivity contribution in [1.29, 1.82) is 0 Å². The lowest BCUT2D eigenvalue weighted by Crippen LogP contribution is -2.38. The van der Waals surface area contributed by atoms with Crippen LogP contribution in [0.3, 0.4) is 0 Å². The van der Waals surface area contributed by atoms with E-state index < -0.39 is 10.0 Å². The monoisotopic (exact) mass is 357 g/mol. The maximum Gasteiger partial charge on any atom is 0.254 e. The van der Waals surface area contributed by atoms with E-state index in [2.05, 4.69) is 4.90 Å². The van der Waals surface area contributed by atoms with Crippen molar-refractivity contribution in [3.05, 3.63) is 28.3 Å². The molecule has 1 aromatic rings. The smallest absolute Gasteiger partial charge is 0.254 e. The molecule has 2 aliphatic heterocycles. The normalized spacial score (nSPS) is 19.2. The van der Waals surface area contributed by atoms with Gasteiger partial charge in [-0.1, -0.05) is 18.0 Å². The molecule has 8 heteroatoms. The second-order valence-electron chi connectivity index (χ2n) is 6.11. The van der Waals surface area contributed by atoms with Gasteiger partial charge in [0.15, 0.2) is 0 Å². The second kappa shape index (κ2) is 6.39. The molecule has 1 fully saturated rings. The molecule has 2 heterocycles. The Labute approximate surface area is 141 Å². The van der Waals surface area contributed by atoms with Crippen molar-refractivity contribution in [3.63, 3.8) is 0 Å². The number of halogens is 1. The number of hydrogen-bond donors (Lipinski definition) is 1. The summed E-state index contributed by atoms with van der Waals surface area (Å²) in [7, 11) is -3.94. The largest absolute Gasteiger partial charge is 0.333 e. The summed E-state index contributed by atoms with van der Waals surface area (Å²) < 4.78 is 23.1. The summed E-state index contributed by atoms with van der Waals surface area (Å²) in [6.07, 6.45) is 3.70.